The second-order valence-electron chi connectivity index (χ2n) is 2.35. The first-order valence-corrected chi connectivity index (χ1v) is 5.48. The number of halogens is 1. The second-order valence-corrected chi connectivity index (χ2v) is 3.76. The minimum Gasteiger partial charge on any atom is -0.468 e. The van der Waals surface area contributed by atoms with E-state index < -0.39 is 6.04 Å². The largest absolute Gasteiger partial charge is 0.468 e. The number of carbonyl (C=O) groups is 1. The molecule has 13 heavy (non-hydrogen) atoms. The van der Waals surface area contributed by atoms with Gasteiger partial charge in [0.25, 0.3) is 0 Å². The molecule has 0 aliphatic heterocycles. The van der Waals surface area contributed by atoms with Gasteiger partial charge < -0.3 is 10.5 Å². The fraction of sp³-hybridized carbons (Fsp3) is 0.625. The number of esters is 1. The summed E-state index contributed by atoms with van der Waals surface area (Å²) in [6.07, 6.45) is 2.48. The normalized spacial score (nSPS) is 13.2. The Hall–Kier alpha value is -0.190. The van der Waals surface area contributed by atoms with Crippen molar-refractivity contribution in [2.45, 2.75) is 12.5 Å². The minimum absolute atomic E-state index is 0.353. The van der Waals surface area contributed by atoms with E-state index in [0.717, 1.165) is 11.5 Å². The highest BCUT2D eigenvalue weighted by Crippen LogP contribution is 2.05. The van der Waals surface area contributed by atoms with E-state index in [-0.39, 0.29) is 5.97 Å². The smallest absolute Gasteiger partial charge is 0.322 e. The van der Waals surface area contributed by atoms with Crippen LogP contribution in [-0.2, 0) is 9.53 Å². The second kappa shape index (κ2) is 8.41. The molecule has 0 bridgehead atoms. The molecular formula is C8H14ClNO2S. The van der Waals surface area contributed by atoms with Gasteiger partial charge in [-0.15, -0.1) is 0 Å². The molecule has 0 amide bonds. The van der Waals surface area contributed by atoms with E-state index in [1.807, 2.05) is 6.08 Å². The first kappa shape index (κ1) is 12.8. The lowest BCUT2D eigenvalue weighted by molar-refractivity contribution is -0.142. The van der Waals surface area contributed by atoms with Crippen LogP contribution in [0.15, 0.2) is 11.6 Å². The number of ether oxygens (including phenoxy) is 1. The fourth-order valence-electron chi connectivity index (χ4n) is 0.667. The SMILES string of the molecule is COC(=O)C(N)CCSCC=CCl. The maximum Gasteiger partial charge on any atom is 0.322 e. The summed E-state index contributed by atoms with van der Waals surface area (Å²) in [7, 11) is 1.34. The lowest BCUT2D eigenvalue weighted by Gasteiger charge is -2.07. The number of thioether (sulfide) groups is 1. The molecule has 3 nitrogen and oxygen atoms in total. The van der Waals surface area contributed by atoms with Crippen molar-refractivity contribution >= 4 is 29.3 Å². The topological polar surface area (TPSA) is 52.3 Å². The predicted molar refractivity (Wildman–Crippen MR) is 56.9 cm³/mol. The molecule has 0 rings (SSSR count). The van der Waals surface area contributed by atoms with Crippen LogP contribution in [-0.4, -0.2) is 30.6 Å². The van der Waals surface area contributed by atoms with Crippen molar-refractivity contribution < 1.29 is 9.53 Å². The summed E-state index contributed by atoms with van der Waals surface area (Å²) in [6.45, 7) is 0. The first-order chi connectivity index (χ1) is 6.22. The van der Waals surface area contributed by atoms with E-state index in [2.05, 4.69) is 4.74 Å². The van der Waals surface area contributed by atoms with Gasteiger partial charge in [0.2, 0.25) is 0 Å². The van der Waals surface area contributed by atoms with Crippen molar-refractivity contribution in [3.05, 3.63) is 11.6 Å². The molecule has 0 spiro atoms. The maximum atomic E-state index is 10.8. The van der Waals surface area contributed by atoms with Crippen molar-refractivity contribution in [2.75, 3.05) is 18.6 Å². The van der Waals surface area contributed by atoms with Crippen LogP contribution in [0, 0.1) is 0 Å². The highest BCUT2D eigenvalue weighted by atomic mass is 35.5. The molecular weight excluding hydrogens is 210 g/mol. The number of methoxy groups -OCH3 is 1. The van der Waals surface area contributed by atoms with E-state index in [9.17, 15) is 4.79 Å². The Morgan fingerprint density at radius 2 is 2.46 bits per heavy atom. The maximum absolute atomic E-state index is 10.8. The first-order valence-electron chi connectivity index (χ1n) is 3.88. The van der Waals surface area contributed by atoms with Crippen LogP contribution in [0.1, 0.15) is 6.42 Å². The summed E-state index contributed by atoms with van der Waals surface area (Å²) in [5.41, 5.74) is 6.99. The van der Waals surface area contributed by atoms with Crippen molar-refractivity contribution in [1.82, 2.24) is 0 Å². The van der Waals surface area contributed by atoms with Crippen LogP contribution in [0.5, 0.6) is 0 Å². The van der Waals surface area contributed by atoms with Crippen LogP contribution >= 0.6 is 23.4 Å². The summed E-state index contributed by atoms with van der Waals surface area (Å²) >= 11 is 7.00. The molecule has 76 valence electrons. The number of hydrogen-bond acceptors (Lipinski definition) is 4. The summed E-state index contributed by atoms with van der Waals surface area (Å²) in [4.78, 5) is 10.8. The van der Waals surface area contributed by atoms with Crippen LogP contribution in [0.25, 0.3) is 0 Å². The molecule has 0 fully saturated rings. The van der Waals surface area contributed by atoms with E-state index >= 15 is 0 Å². The molecule has 0 heterocycles. The van der Waals surface area contributed by atoms with Crippen molar-refractivity contribution in [2.24, 2.45) is 5.73 Å². The number of nitrogens with two attached hydrogens (primary N) is 1. The van der Waals surface area contributed by atoms with Crippen LogP contribution in [0.4, 0.5) is 0 Å². The molecule has 2 N–H and O–H groups in total. The Kier molecular flexibility index (Phi) is 8.29. The Bertz CT molecular complexity index is 176. The zero-order valence-corrected chi connectivity index (χ0v) is 9.11. The van der Waals surface area contributed by atoms with E-state index in [4.69, 9.17) is 17.3 Å². The van der Waals surface area contributed by atoms with Gasteiger partial charge in [-0.25, -0.2) is 0 Å². The molecule has 1 unspecified atom stereocenters. The van der Waals surface area contributed by atoms with Crippen LogP contribution < -0.4 is 5.73 Å². The van der Waals surface area contributed by atoms with E-state index in [0.29, 0.717) is 6.42 Å². The fourth-order valence-corrected chi connectivity index (χ4v) is 1.68. The third-order valence-electron chi connectivity index (χ3n) is 1.38. The Morgan fingerprint density at radius 3 is 3.00 bits per heavy atom. The molecule has 0 saturated heterocycles. The van der Waals surface area contributed by atoms with Gasteiger partial charge in [-0.1, -0.05) is 17.7 Å². The number of hydrogen-bond donors (Lipinski definition) is 1. The van der Waals surface area contributed by atoms with Gasteiger partial charge in [-0.3, -0.25) is 4.79 Å². The van der Waals surface area contributed by atoms with Gasteiger partial charge in [0.15, 0.2) is 0 Å². The zero-order valence-electron chi connectivity index (χ0n) is 7.53. The number of carbonyl (C=O) groups excluding carboxylic acids is 1. The van der Waals surface area contributed by atoms with Crippen LogP contribution in [0.2, 0.25) is 0 Å². The monoisotopic (exact) mass is 223 g/mol. The average Bonchev–Trinajstić information content (AvgIpc) is 2.16. The summed E-state index contributed by atoms with van der Waals surface area (Å²) in [5, 5.41) is 0. The Balaban J connectivity index is 3.36. The summed E-state index contributed by atoms with van der Waals surface area (Å²) in [6, 6.07) is -0.502. The standard InChI is InChI=1S/C8H14ClNO2S/c1-12-8(11)7(10)3-6-13-5-2-4-9/h2,4,7H,3,5-6,10H2,1H3. The molecule has 0 aromatic heterocycles. The summed E-state index contributed by atoms with van der Waals surface area (Å²) < 4.78 is 4.48. The van der Waals surface area contributed by atoms with Gasteiger partial charge in [0.05, 0.1) is 7.11 Å². The van der Waals surface area contributed by atoms with Gasteiger partial charge in [0.1, 0.15) is 6.04 Å². The molecule has 1 atom stereocenters. The van der Waals surface area contributed by atoms with Gasteiger partial charge in [-0.2, -0.15) is 11.8 Å². The van der Waals surface area contributed by atoms with Crippen molar-refractivity contribution in [3.8, 4) is 0 Å². The van der Waals surface area contributed by atoms with Gasteiger partial charge in [0, 0.05) is 11.3 Å². The molecule has 0 aliphatic carbocycles. The van der Waals surface area contributed by atoms with E-state index in [1.54, 1.807) is 11.8 Å². The highest BCUT2D eigenvalue weighted by Gasteiger charge is 2.12. The van der Waals surface area contributed by atoms with Crippen molar-refractivity contribution in [3.63, 3.8) is 0 Å². The predicted octanol–water partition coefficient (Wildman–Crippen LogP) is 1.36. The lowest BCUT2D eigenvalue weighted by Crippen LogP contribution is -2.31. The van der Waals surface area contributed by atoms with E-state index in [1.165, 1.54) is 12.6 Å². The van der Waals surface area contributed by atoms with Gasteiger partial charge in [-0.05, 0) is 12.2 Å². The third kappa shape index (κ3) is 6.93. The zero-order chi connectivity index (χ0) is 10.1. The van der Waals surface area contributed by atoms with Crippen molar-refractivity contribution in [1.29, 1.82) is 0 Å². The Labute approximate surface area is 87.6 Å². The molecule has 0 aliphatic rings. The quantitative estimate of drug-likeness (QED) is 0.546. The van der Waals surface area contributed by atoms with Crippen LogP contribution in [0.3, 0.4) is 0 Å². The molecule has 0 radical (unpaired) electrons. The Morgan fingerprint density at radius 1 is 1.77 bits per heavy atom. The minimum atomic E-state index is -0.502. The number of rotatable bonds is 6. The molecule has 5 heteroatoms. The summed E-state index contributed by atoms with van der Waals surface area (Å²) in [5.74, 6) is 1.32. The van der Waals surface area contributed by atoms with Gasteiger partial charge >= 0.3 is 5.97 Å². The lowest BCUT2D eigenvalue weighted by atomic mass is 10.2. The third-order valence-corrected chi connectivity index (χ3v) is 2.51. The molecule has 0 aromatic carbocycles. The average molecular weight is 224 g/mol. The highest BCUT2D eigenvalue weighted by molar-refractivity contribution is 7.99. The molecule has 0 aromatic rings. The molecule has 0 saturated carbocycles.